The summed E-state index contributed by atoms with van der Waals surface area (Å²) in [6, 6.07) is 0.317. The standard InChI is InChI=1S/C15H27N5O/c1-12-10-17-15(18-14(12)19(2)3)16-7-9-20-8-5-4-6-13(20)11-21/h10,13,21H,4-9,11H2,1-3H3,(H,16,17,18). The SMILES string of the molecule is Cc1cnc(NCCN2CCCCC2CO)nc1N(C)C. The molecule has 0 spiro atoms. The van der Waals surface area contributed by atoms with Crippen molar-refractivity contribution in [1.82, 2.24) is 14.9 Å². The van der Waals surface area contributed by atoms with E-state index in [1.807, 2.05) is 32.1 Å². The third kappa shape index (κ3) is 4.28. The summed E-state index contributed by atoms with van der Waals surface area (Å²) in [6.07, 6.45) is 5.40. The Morgan fingerprint density at radius 1 is 1.43 bits per heavy atom. The van der Waals surface area contributed by atoms with Crippen LogP contribution in [0.5, 0.6) is 0 Å². The lowest BCUT2D eigenvalue weighted by molar-refractivity contribution is 0.0940. The van der Waals surface area contributed by atoms with Crippen molar-refractivity contribution in [3.8, 4) is 0 Å². The number of hydrogen-bond acceptors (Lipinski definition) is 6. The molecule has 2 heterocycles. The van der Waals surface area contributed by atoms with Crippen LogP contribution in [-0.4, -0.2) is 66.4 Å². The van der Waals surface area contributed by atoms with Crippen LogP contribution in [-0.2, 0) is 0 Å². The third-order valence-corrected chi connectivity index (χ3v) is 4.01. The molecule has 1 fully saturated rings. The van der Waals surface area contributed by atoms with E-state index in [-0.39, 0.29) is 6.61 Å². The Balaban J connectivity index is 1.87. The van der Waals surface area contributed by atoms with Crippen LogP contribution in [0.4, 0.5) is 11.8 Å². The molecule has 0 saturated carbocycles. The lowest BCUT2D eigenvalue weighted by Gasteiger charge is -2.34. The molecule has 0 aromatic carbocycles. The van der Waals surface area contributed by atoms with E-state index in [0.717, 1.165) is 37.4 Å². The first-order chi connectivity index (χ1) is 10.1. The molecule has 6 nitrogen and oxygen atoms in total. The second-order valence-electron chi connectivity index (χ2n) is 5.89. The van der Waals surface area contributed by atoms with Gasteiger partial charge in [0.25, 0.3) is 0 Å². The van der Waals surface area contributed by atoms with E-state index in [2.05, 4.69) is 20.2 Å². The van der Waals surface area contributed by atoms with Crippen molar-refractivity contribution in [2.75, 3.05) is 50.6 Å². The second-order valence-corrected chi connectivity index (χ2v) is 5.89. The Morgan fingerprint density at radius 3 is 2.95 bits per heavy atom. The van der Waals surface area contributed by atoms with Crippen LogP contribution >= 0.6 is 0 Å². The van der Waals surface area contributed by atoms with Gasteiger partial charge < -0.3 is 15.3 Å². The number of aliphatic hydroxyl groups is 1. The highest BCUT2D eigenvalue weighted by molar-refractivity contribution is 5.47. The summed E-state index contributed by atoms with van der Waals surface area (Å²) >= 11 is 0. The number of likely N-dealkylation sites (tertiary alicyclic amines) is 1. The molecule has 1 aromatic heterocycles. The number of anilines is 2. The molecule has 21 heavy (non-hydrogen) atoms. The molecule has 1 atom stereocenters. The predicted octanol–water partition coefficient (Wildman–Crippen LogP) is 1.11. The van der Waals surface area contributed by atoms with E-state index in [9.17, 15) is 5.11 Å². The number of hydrogen-bond donors (Lipinski definition) is 2. The smallest absolute Gasteiger partial charge is 0.224 e. The molecule has 0 bridgehead atoms. The van der Waals surface area contributed by atoms with Crippen LogP contribution in [0.1, 0.15) is 24.8 Å². The molecule has 1 aliphatic heterocycles. The first kappa shape index (κ1) is 16.0. The fraction of sp³-hybridized carbons (Fsp3) is 0.733. The quantitative estimate of drug-likeness (QED) is 0.819. The molecular weight excluding hydrogens is 266 g/mol. The Kier molecular flexibility index (Phi) is 5.76. The second kappa shape index (κ2) is 7.56. The number of aromatic nitrogens is 2. The number of rotatable bonds is 6. The topological polar surface area (TPSA) is 64.5 Å². The zero-order valence-corrected chi connectivity index (χ0v) is 13.3. The van der Waals surface area contributed by atoms with Gasteiger partial charge in [-0.25, -0.2) is 4.98 Å². The maximum Gasteiger partial charge on any atom is 0.224 e. The average molecular weight is 293 g/mol. The fourth-order valence-corrected chi connectivity index (χ4v) is 2.84. The van der Waals surface area contributed by atoms with Gasteiger partial charge in [0.2, 0.25) is 5.95 Å². The number of aryl methyl sites for hydroxylation is 1. The molecule has 1 aromatic rings. The number of aliphatic hydroxyl groups excluding tert-OH is 1. The van der Waals surface area contributed by atoms with Crippen LogP contribution in [0, 0.1) is 6.92 Å². The summed E-state index contributed by atoms with van der Waals surface area (Å²) in [7, 11) is 3.97. The van der Waals surface area contributed by atoms with E-state index in [1.165, 1.54) is 12.8 Å². The Labute approximate surface area is 127 Å². The number of piperidine rings is 1. The molecule has 6 heteroatoms. The molecular formula is C15H27N5O. The highest BCUT2D eigenvalue weighted by Crippen LogP contribution is 2.17. The van der Waals surface area contributed by atoms with E-state index >= 15 is 0 Å². The Hall–Kier alpha value is -1.40. The predicted molar refractivity (Wildman–Crippen MR) is 85.9 cm³/mol. The normalized spacial score (nSPS) is 19.5. The highest BCUT2D eigenvalue weighted by Gasteiger charge is 2.20. The van der Waals surface area contributed by atoms with Gasteiger partial charge in [-0.3, -0.25) is 4.90 Å². The van der Waals surface area contributed by atoms with Crippen molar-refractivity contribution < 1.29 is 5.11 Å². The zero-order chi connectivity index (χ0) is 15.2. The number of nitrogens with zero attached hydrogens (tertiary/aromatic N) is 4. The van der Waals surface area contributed by atoms with Crippen molar-refractivity contribution >= 4 is 11.8 Å². The summed E-state index contributed by atoms with van der Waals surface area (Å²) in [5, 5.41) is 12.7. The minimum atomic E-state index is 0.256. The summed E-state index contributed by atoms with van der Waals surface area (Å²) in [5.74, 6) is 1.61. The molecule has 2 N–H and O–H groups in total. The highest BCUT2D eigenvalue weighted by atomic mass is 16.3. The minimum Gasteiger partial charge on any atom is -0.395 e. The van der Waals surface area contributed by atoms with Gasteiger partial charge in [0.15, 0.2) is 0 Å². The number of nitrogens with one attached hydrogen (secondary N) is 1. The van der Waals surface area contributed by atoms with Crippen molar-refractivity contribution in [3.05, 3.63) is 11.8 Å². The van der Waals surface area contributed by atoms with Crippen LogP contribution in [0.3, 0.4) is 0 Å². The summed E-state index contributed by atoms with van der Waals surface area (Å²) in [4.78, 5) is 13.2. The van der Waals surface area contributed by atoms with Crippen LogP contribution < -0.4 is 10.2 Å². The largest absolute Gasteiger partial charge is 0.395 e. The molecule has 1 aliphatic rings. The summed E-state index contributed by atoms with van der Waals surface area (Å²) in [6.45, 7) is 5.06. The minimum absolute atomic E-state index is 0.256. The van der Waals surface area contributed by atoms with Crippen molar-refractivity contribution in [3.63, 3.8) is 0 Å². The molecule has 1 saturated heterocycles. The summed E-state index contributed by atoms with van der Waals surface area (Å²) < 4.78 is 0. The maximum atomic E-state index is 9.41. The van der Waals surface area contributed by atoms with Gasteiger partial charge in [-0.15, -0.1) is 0 Å². The molecule has 0 aliphatic carbocycles. The van der Waals surface area contributed by atoms with Crippen molar-refractivity contribution in [2.45, 2.75) is 32.2 Å². The van der Waals surface area contributed by atoms with Crippen molar-refractivity contribution in [2.24, 2.45) is 0 Å². The van der Waals surface area contributed by atoms with Gasteiger partial charge in [-0.1, -0.05) is 6.42 Å². The van der Waals surface area contributed by atoms with Gasteiger partial charge in [0.1, 0.15) is 5.82 Å². The zero-order valence-electron chi connectivity index (χ0n) is 13.3. The first-order valence-electron chi connectivity index (χ1n) is 7.71. The monoisotopic (exact) mass is 293 g/mol. The van der Waals surface area contributed by atoms with Gasteiger partial charge in [-0.2, -0.15) is 4.98 Å². The van der Waals surface area contributed by atoms with Gasteiger partial charge in [0, 0.05) is 45.0 Å². The fourth-order valence-electron chi connectivity index (χ4n) is 2.84. The average Bonchev–Trinajstić information content (AvgIpc) is 2.49. The molecule has 0 radical (unpaired) electrons. The van der Waals surface area contributed by atoms with Crippen LogP contribution in [0.15, 0.2) is 6.20 Å². The van der Waals surface area contributed by atoms with E-state index in [1.54, 1.807) is 0 Å². The van der Waals surface area contributed by atoms with Gasteiger partial charge >= 0.3 is 0 Å². The maximum absolute atomic E-state index is 9.41. The molecule has 2 rings (SSSR count). The van der Waals surface area contributed by atoms with E-state index < -0.39 is 0 Å². The lowest BCUT2D eigenvalue weighted by Crippen LogP contribution is -2.44. The van der Waals surface area contributed by atoms with E-state index in [0.29, 0.717) is 12.0 Å². The molecule has 0 amide bonds. The van der Waals surface area contributed by atoms with E-state index in [4.69, 9.17) is 0 Å². The third-order valence-electron chi connectivity index (χ3n) is 4.01. The van der Waals surface area contributed by atoms with Gasteiger partial charge in [-0.05, 0) is 26.3 Å². The van der Waals surface area contributed by atoms with Crippen LogP contribution in [0.25, 0.3) is 0 Å². The van der Waals surface area contributed by atoms with Crippen molar-refractivity contribution in [1.29, 1.82) is 0 Å². The Morgan fingerprint density at radius 2 is 2.24 bits per heavy atom. The first-order valence-corrected chi connectivity index (χ1v) is 7.71. The Bertz CT molecular complexity index is 452. The van der Waals surface area contributed by atoms with Crippen LogP contribution in [0.2, 0.25) is 0 Å². The lowest BCUT2D eigenvalue weighted by atomic mass is 10.0. The molecule has 1 unspecified atom stereocenters. The molecule has 118 valence electrons. The van der Waals surface area contributed by atoms with Gasteiger partial charge in [0.05, 0.1) is 6.61 Å². The summed E-state index contributed by atoms with van der Waals surface area (Å²) in [5.41, 5.74) is 1.07.